The summed E-state index contributed by atoms with van der Waals surface area (Å²) in [4.78, 5) is 69.4. The van der Waals surface area contributed by atoms with Gasteiger partial charge in [0.05, 0.1) is 32.3 Å². The van der Waals surface area contributed by atoms with Crippen LogP contribution >= 0.6 is 0 Å². The van der Waals surface area contributed by atoms with Gasteiger partial charge in [0.25, 0.3) is 0 Å². The number of nitrogens with one attached hydrogen (secondary N) is 4. The van der Waals surface area contributed by atoms with Gasteiger partial charge in [0.2, 0.25) is 23.6 Å². The number of carbonyl (C=O) groups is 6. The predicted molar refractivity (Wildman–Crippen MR) is 186 cm³/mol. The highest BCUT2D eigenvalue weighted by atomic mass is 16.5. The molecule has 1 rings (SSSR count). The van der Waals surface area contributed by atoms with Crippen LogP contribution in [0.3, 0.4) is 0 Å². The van der Waals surface area contributed by atoms with E-state index in [1.165, 1.54) is 51.4 Å². The molecular weight excluding hydrogens is 668 g/mol. The highest BCUT2D eigenvalue weighted by molar-refractivity contribution is 5.90. The fourth-order valence-electron chi connectivity index (χ4n) is 5.74. The molecule has 16 heteroatoms. The van der Waals surface area contributed by atoms with Crippen LogP contribution in [0.25, 0.3) is 0 Å². The molecular formula is C35H62N4O12. The van der Waals surface area contributed by atoms with Crippen molar-refractivity contribution in [3.63, 3.8) is 0 Å². The van der Waals surface area contributed by atoms with Crippen LogP contribution in [0.2, 0.25) is 0 Å². The summed E-state index contributed by atoms with van der Waals surface area (Å²) in [5.74, 6) is -3.33. The van der Waals surface area contributed by atoms with E-state index in [-0.39, 0.29) is 31.2 Å². The number of aliphatic hydroxyl groups excluding tert-OH is 4. The van der Waals surface area contributed by atoms with Crippen LogP contribution in [0, 0.1) is 0 Å². The number of amides is 4. The van der Waals surface area contributed by atoms with E-state index in [2.05, 4.69) is 21.3 Å². The first-order valence-corrected chi connectivity index (χ1v) is 18.5. The van der Waals surface area contributed by atoms with Crippen LogP contribution < -0.4 is 21.3 Å². The van der Waals surface area contributed by atoms with Crippen molar-refractivity contribution < 1.29 is 59.0 Å². The van der Waals surface area contributed by atoms with Crippen LogP contribution in [0.4, 0.5) is 0 Å². The summed E-state index contributed by atoms with van der Waals surface area (Å²) in [5, 5.41) is 56.7. The van der Waals surface area contributed by atoms with Crippen LogP contribution in [0.15, 0.2) is 0 Å². The molecule has 0 aromatic rings. The molecule has 51 heavy (non-hydrogen) atoms. The zero-order valence-corrected chi connectivity index (χ0v) is 30.0. The van der Waals surface area contributed by atoms with Gasteiger partial charge in [-0.05, 0) is 12.8 Å². The molecule has 1 aliphatic rings. The van der Waals surface area contributed by atoms with Crippen molar-refractivity contribution in [3.8, 4) is 0 Å². The maximum absolute atomic E-state index is 12.3. The van der Waals surface area contributed by atoms with E-state index in [0.29, 0.717) is 12.8 Å². The van der Waals surface area contributed by atoms with E-state index in [1.54, 1.807) is 0 Å². The molecule has 16 nitrogen and oxygen atoms in total. The number of hydrogen-bond donors (Lipinski definition) is 9. The lowest BCUT2D eigenvalue weighted by Crippen LogP contribution is -2.58. The van der Waals surface area contributed by atoms with E-state index >= 15 is 0 Å². The van der Waals surface area contributed by atoms with Crippen LogP contribution in [0.5, 0.6) is 0 Å². The highest BCUT2D eigenvalue weighted by Gasteiger charge is 2.43. The molecule has 0 radical (unpaired) electrons. The number of carboxylic acids is 1. The first kappa shape index (κ1) is 45.8. The summed E-state index contributed by atoms with van der Waals surface area (Å²) in [6.45, 7) is -2.10. The van der Waals surface area contributed by atoms with Crippen molar-refractivity contribution in [2.24, 2.45) is 0 Å². The Morgan fingerprint density at radius 3 is 1.22 bits per heavy atom. The molecule has 4 amide bonds. The molecule has 0 aromatic carbocycles. The fraction of sp³-hybridized carbons (Fsp3) is 0.829. The van der Waals surface area contributed by atoms with Crippen molar-refractivity contribution in [2.45, 2.75) is 153 Å². The van der Waals surface area contributed by atoms with E-state index in [4.69, 9.17) is 9.84 Å². The average Bonchev–Trinajstić information content (AvgIpc) is 3.10. The number of hydrogen-bond acceptors (Lipinski definition) is 11. The van der Waals surface area contributed by atoms with Crippen molar-refractivity contribution >= 4 is 35.4 Å². The number of carbonyl (C=O) groups excluding carboxylic acids is 5. The molecule has 1 saturated heterocycles. The summed E-state index contributed by atoms with van der Waals surface area (Å²) >= 11 is 0. The first-order chi connectivity index (χ1) is 24.4. The zero-order chi connectivity index (χ0) is 37.9. The summed E-state index contributed by atoms with van der Waals surface area (Å²) in [6.07, 6.45) is 12.1. The Morgan fingerprint density at radius 2 is 0.804 bits per heavy atom. The molecule has 0 aromatic heterocycles. The predicted octanol–water partition coefficient (Wildman–Crippen LogP) is 0.359. The van der Waals surface area contributed by atoms with Gasteiger partial charge in [-0.15, -0.1) is 0 Å². The van der Waals surface area contributed by atoms with Crippen LogP contribution in [-0.4, -0.2) is 124 Å². The number of Topliss-reactive ketones (excluding diaryl/α,β-unsaturated/α-hetero) is 1. The van der Waals surface area contributed by atoms with E-state index in [0.717, 1.165) is 51.4 Å². The first-order valence-electron chi connectivity index (χ1n) is 18.5. The molecule has 0 bridgehead atoms. The third-order valence-corrected chi connectivity index (χ3v) is 8.80. The second-order valence-corrected chi connectivity index (χ2v) is 13.3. The van der Waals surface area contributed by atoms with Crippen LogP contribution in [-0.2, 0) is 33.5 Å². The Bertz CT molecular complexity index is 1040. The maximum Gasteiger partial charge on any atom is 0.322 e. The van der Waals surface area contributed by atoms with Gasteiger partial charge in [-0.25, -0.2) is 0 Å². The number of ether oxygens (including phenoxy) is 1. The summed E-state index contributed by atoms with van der Waals surface area (Å²) in [5.41, 5.74) is 0. The lowest BCUT2D eigenvalue weighted by atomic mass is 9.92. The highest BCUT2D eigenvalue weighted by Crippen LogP contribution is 2.24. The molecule has 0 spiro atoms. The van der Waals surface area contributed by atoms with Crippen molar-refractivity contribution in [1.29, 1.82) is 0 Å². The standard InChI is InChI=1S/C35H62N4O12/c40-24-27-34(49)35(50)33(48)26(51-27)19-25(41)17-15-13-11-9-7-5-3-1-2-4-6-8-10-12-14-16-18-28(42)36-20-29(43)37-21-30(44)38-22-31(45)39-23-32(46)47/h26-27,33-35,40,48-50H,1-24H2,(H,36,42)(H,37,43)(H,38,44)(H,39,45)(H,46,47). The topological polar surface area (TPSA) is 261 Å². The number of rotatable bonds is 30. The van der Waals surface area contributed by atoms with E-state index in [1.807, 2.05) is 0 Å². The van der Waals surface area contributed by atoms with Gasteiger partial charge in [0, 0.05) is 19.3 Å². The Balaban J connectivity index is 1.86. The number of ketones is 1. The van der Waals surface area contributed by atoms with E-state index < -0.39 is 73.9 Å². The van der Waals surface area contributed by atoms with Crippen molar-refractivity contribution in [2.75, 3.05) is 32.8 Å². The molecule has 1 aliphatic heterocycles. The maximum atomic E-state index is 12.3. The monoisotopic (exact) mass is 730 g/mol. The number of unbranched alkanes of at least 4 members (excludes halogenated alkanes) is 15. The van der Waals surface area contributed by atoms with Gasteiger partial charge >= 0.3 is 5.97 Å². The van der Waals surface area contributed by atoms with Gasteiger partial charge in [-0.1, -0.05) is 89.9 Å². The molecule has 5 unspecified atom stereocenters. The largest absolute Gasteiger partial charge is 0.480 e. The SMILES string of the molecule is O=C(O)CNC(=O)CNC(=O)CNC(=O)CNC(=O)CCCCCCCCCCCCCCCCCCC(=O)CC1OC(CO)C(O)C(O)C1O. The molecule has 294 valence electrons. The molecule has 5 atom stereocenters. The van der Waals surface area contributed by atoms with Crippen molar-refractivity contribution in [3.05, 3.63) is 0 Å². The Labute approximate surface area is 300 Å². The Morgan fingerprint density at radius 1 is 0.451 bits per heavy atom. The summed E-state index contributed by atoms with van der Waals surface area (Å²) in [6, 6.07) is 0. The molecule has 1 fully saturated rings. The fourth-order valence-corrected chi connectivity index (χ4v) is 5.74. The Hall–Kier alpha value is -3.18. The minimum atomic E-state index is -1.45. The van der Waals surface area contributed by atoms with Gasteiger partial charge in [0.15, 0.2) is 0 Å². The number of carboxylic acid groups (broad SMARTS) is 1. The molecule has 0 aliphatic carbocycles. The summed E-state index contributed by atoms with van der Waals surface area (Å²) in [7, 11) is 0. The minimum absolute atomic E-state index is 0.0473. The smallest absolute Gasteiger partial charge is 0.322 e. The second-order valence-electron chi connectivity index (χ2n) is 13.3. The number of aliphatic hydroxyl groups is 4. The second kappa shape index (κ2) is 28.4. The molecule has 1 heterocycles. The van der Waals surface area contributed by atoms with Gasteiger partial charge < -0.3 is 51.5 Å². The third kappa shape index (κ3) is 23.1. The number of aliphatic carboxylic acids is 1. The quantitative estimate of drug-likeness (QED) is 0.0454. The molecule has 9 N–H and O–H groups in total. The van der Waals surface area contributed by atoms with Gasteiger partial charge in [-0.2, -0.15) is 0 Å². The lowest BCUT2D eigenvalue weighted by molar-refractivity contribution is -0.229. The zero-order valence-electron chi connectivity index (χ0n) is 30.0. The van der Waals surface area contributed by atoms with Gasteiger partial charge in [0.1, 0.15) is 36.7 Å². The third-order valence-electron chi connectivity index (χ3n) is 8.80. The van der Waals surface area contributed by atoms with Crippen molar-refractivity contribution in [1.82, 2.24) is 21.3 Å². The normalized spacial score (nSPS) is 20.0. The lowest BCUT2D eigenvalue weighted by Gasteiger charge is -2.39. The average molecular weight is 731 g/mol. The minimum Gasteiger partial charge on any atom is -0.480 e. The molecule has 0 saturated carbocycles. The van der Waals surface area contributed by atoms with Gasteiger partial charge in [-0.3, -0.25) is 28.8 Å². The summed E-state index contributed by atoms with van der Waals surface area (Å²) < 4.78 is 5.41. The van der Waals surface area contributed by atoms with E-state index in [9.17, 15) is 49.2 Å². The van der Waals surface area contributed by atoms with Crippen LogP contribution in [0.1, 0.15) is 122 Å². The Kier molecular flexibility index (Phi) is 25.5.